The summed E-state index contributed by atoms with van der Waals surface area (Å²) in [5.74, 6) is -1.18. The maximum atomic E-state index is 15.0. The highest BCUT2D eigenvalue weighted by Gasteiger charge is 2.40. The van der Waals surface area contributed by atoms with Gasteiger partial charge in [-0.05, 0) is 69.5 Å². The fourth-order valence-corrected chi connectivity index (χ4v) is 4.51. The molecule has 2 heterocycles. The molecule has 4 rings (SSSR count). The Morgan fingerprint density at radius 1 is 1.17 bits per heavy atom. The zero-order valence-corrected chi connectivity index (χ0v) is 17.0. The lowest BCUT2D eigenvalue weighted by Crippen LogP contribution is -2.48. The monoisotopic (exact) mass is 402 g/mol. The van der Waals surface area contributed by atoms with Gasteiger partial charge in [-0.1, -0.05) is 0 Å². The second kappa shape index (κ2) is 6.80. The van der Waals surface area contributed by atoms with Crippen LogP contribution in [0.2, 0.25) is 0 Å². The number of aryl methyl sites for hydroxylation is 1. The SMILES string of the molecule is Cc1cc(F)c(C2c3[nH]c4cc(O)ccc4c3CC(C)N2CC(C)(C)F)c(F)c1. The average Bonchev–Trinajstić information content (AvgIpc) is 2.92. The lowest BCUT2D eigenvalue weighted by atomic mass is 9.87. The molecule has 2 aromatic carbocycles. The number of H-pyrrole nitrogens is 1. The smallest absolute Gasteiger partial charge is 0.131 e. The van der Waals surface area contributed by atoms with Gasteiger partial charge in [0.05, 0.1) is 6.04 Å². The Balaban J connectivity index is 1.98. The van der Waals surface area contributed by atoms with Gasteiger partial charge in [0.1, 0.15) is 23.1 Å². The highest BCUT2D eigenvalue weighted by atomic mass is 19.1. The van der Waals surface area contributed by atoms with Crippen molar-refractivity contribution >= 4 is 10.9 Å². The van der Waals surface area contributed by atoms with Gasteiger partial charge in [0.25, 0.3) is 0 Å². The van der Waals surface area contributed by atoms with Crippen LogP contribution in [-0.2, 0) is 6.42 Å². The number of hydrogen-bond donors (Lipinski definition) is 2. The van der Waals surface area contributed by atoms with Gasteiger partial charge in [-0.3, -0.25) is 4.90 Å². The van der Waals surface area contributed by atoms with Crippen LogP contribution in [0.25, 0.3) is 10.9 Å². The van der Waals surface area contributed by atoms with Crippen LogP contribution in [0.15, 0.2) is 30.3 Å². The molecule has 6 heteroatoms. The lowest BCUT2D eigenvalue weighted by Gasteiger charge is -2.43. The topological polar surface area (TPSA) is 39.3 Å². The van der Waals surface area contributed by atoms with E-state index in [4.69, 9.17) is 0 Å². The van der Waals surface area contributed by atoms with E-state index >= 15 is 8.78 Å². The number of halogens is 3. The van der Waals surface area contributed by atoms with Gasteiger partial charge in [0, 0.05) is 40.8 Å². The number of phenols is 1. The summed E-state index contributed by atoms with van der Waals surface area (Å²) in [6, 6.07) is 6.70. The van der Waals surface area contributed by atoms with E-state index in [1.54, 1.807) is 25.1 Å². The number of alkyl halides is 1. The van der Waals surface area contributed by atoms with E-state index < -0.39 is 23.3 Å². The van der Waals surface area contributed by atoms with E-state index in [0.717, 1.165) is 10.9 Å². The van der Waals surface area contributed by atoms with Crippen molar-refractivity contribution in [3.8, 4) is 5.75 Å². The van der Waals surface area contributed by atoms with Gasteiger partial charge in [-0.15, -0.1) is 0 Å². The molecule has 0 saturated heterocycles. The van der Waals surface area contributed by atoms with Crippen LogP contribution in [0.5, 0.6) is 5.75 Å². The quantitative estimate of drug-likeness (QED) is 0.603. The van der Waals surface area contributed by atoms with E-state index in [1.807, 2.05) is 11.8 Å². The Morgan fingerprint density at radius 3 is 2.45 bits per heavy atom. The molecule has 0 radical (unpaired) electrons. The Labute approximate surface area is 168 Å². The number of fused-ring (bicyclic) bond motifs is 3. The summed E-state index contributed by atoms with van der Waals surface area (Å²) in [7, 11) is 0. The second-order valence-corrected chi connectivity index (χ2v) is 8.74. The summed E-state index contributed by atoms with van der Waals surface area (Å²) in [5.41, 5.74) is 1.17. The molecule has 0 aliphatic carbocycles. The second-order valence-electron chi connectivity index (χ2n) is 8.74. The fraction of sp³-hybridized carbons (Fsp3) is 0.391. The number of phenolic OH excluding ortho intramolecular Hbond substituents is 1. The van der Waals surface area contributed by atoms with Crippen molar-refractivity contribution < 1.29 is 18.3 Å². The number of rotatable bonds is 3. The molecule has 3 aromatic rings. The molecule has 1 aliphatic heterocycles. The Bertz CT molecular complexity index is 1060. The Morgan fingerprint density at radius 2 is 1.83 bits per heavy atom. The van der Waals surface area contributed by atoms with Crippen LogP contribution >= 0.6 is 0 Å². The molecule has 154 valence electrons. The molecule has 1 aromatic heterocycles. The molecule has 0 bridgehead atoms. The molecule has 0 saturated carbocycles. The van der Waals surface area contributed by atoms with Gasteiger partial charge in [0.15, 0.2) is 0 Å². The molecule has 0 fully saturated rings. The van der Waals surface area contributed by atoms with Crippen LogP contribution in [0.3, 0.4) is 0 Å². The number of benzene rings is 2. The van der Waals surface area contributed by atoms with Crippen molar-refractivity contribution in [1.29, 1.82) is 0 Å². The van der Waals surface area contributed by atoms with Gasteiger partial charge in [-0.2, -0.15) is 0 Å². The summed E-state index contributed by atoms with van der Waals surface area (Å²) in [5, 5.41) is 10.8. The first-order chi connectivity index (χ1) is 13.5. The van der Waals surface area contributed by atoms with Crippen LogP contribution in [0, 0.1) is 18.6 Å². The molecule has 3 nitrogen and oxygen atoms in total. The van der Waals surface area contributed by atoms with E-state index in [9.17, 15) is 9.50 Å². The Kier molecular flexibility index (Phi) is 4.65. The molecule has 2 atom stereocenters. The van der Waals surface area contributed by atoms with E-state index in [0.29, 0.717) is 23.2 Å². The Hall–Kier alpha value is -2.47. The predicted octanol–water partition coefficient (Wildman–Crippen LogP) is 5.54. The molecule has 2 unspecified atom stereocenters. The normalized spacial score (nSPS) is 20.2. The third-order valence-electron chi connectivity index (χ3n) is 5.65. The van der Waals surface area contributed by atoms with Gasteiger partial charge in [0.2, 0.25) is 0 Å². The summed E-state index contributed by atoms with van der Waals surface area (Å²) >= 11 is 0. The zero-order valence-electron chi connectivity index (χ0n) is 17.0. The minimum atomic E-state index is -1.54. The minimum Gasteiger partial charge on any atom is -0.508 e. The predicted molar refractivity (Wildman–Crippen MR) is 108 cm³/mol. The van der Waals surface area contributed by atoms with Gasteiger partial charge < -0.3 is 10.1 Å². The number of aromatic hydroxyl groups is 1. The fourth-order valence-electron chi connectivity index (χ4n) is 4.51. The van der Waals surface area contributed by atoms with Crippen LogP contribution in [0.1, 0.15) is 49.2 Å². The van der Waals surface area contributed by atoms with Crippen LogP contribution in [0.4, 0.5) is 13.2 Å². The largest absolute Gasteiger partial charge is 0.508 e. The summed E-state index contributed by atoms with van der Waals surface area (Å²) in [6.45, 7) is 6.56. The van der Waals surface area contributed by atoms with E-state index in [1.165, 1.54) is 26.0 Å². The van der Waals surface area contributed by atoms with Crippen molar-refractivity contribution in [1.82, 2.24) is 9.88 Å². The molecule has 2 N–H and O–H groups in total. The van der Waals surface area contributed by atoms with Crippen molar-refractivity contribution in [2.24, 2.45) is 0 Å². The van der Waals surface area contributed by atoms with Crippen LogP contribution in [-0.4, -0.2) is 33.2 Å². The third-order valence-corrected chi connectivity index (χ3v) is 5.65. The summed E-state index contributed by atoms with van der Waals surface area (Å²) in [6.07, 6.45) is 0.613. The molecular formula is C23H25F3N2O. The first-order valence-corrected chi connectivity index (χ1v) is 9.79. The third kappa shape index (κ3) is 3.50. The van der Waals surface area contributed by atoms with Crippen molar-refractivity contribution in [2.45, 2.75) is 51.9 Å². The standard InChI is InChI=1S/C23H25F3N2O/c1-12-7-17(24)20(18(25)8-12)22-21-16(9-13(2)28(22)11-23(3,4)26)15-6-5-14(29)10-19(15)27-21/h5-8,10,13,22,27,29H,9,11H2,1-4H3. The average molecular weight is 402 g/mol. The number of aromatic nitrogens is 1. The summed E-state index contributed by atoms with van der Waals surface area (Å²) in [4.78, 5) is 5.08. The zero-order chi connectivity index (χ0) is 21.1. The van der Waals surface area contributed by atoms with Crippen molar-refractivity contribution in [3.05, 3.63) is 64.4 Å². The highest BCUT2D eigenvalue weighted by molar-refractivity contribution is 5.86. The van der Waals surface area contributed by atoms with E-state index in [2.05, 4.69) is 4.98 Å². The maximum Gasteiger partial charge on any atom is 0.131 e. The molecule has 29 heavy (non-hydrogen) atoms. The molecular weight excluding hydrogens is 377 g/mol. The van der Waals surface area contributed by atoms with Crippen LogP contribution < -0.4 is 0 Å². The number of aromatic amines is 1. The molecule has 0 amide bonds. The first-order valence-electron chi connectivity index (χ1n) is 9.79. The van der Waals surface area contributed by atoms with Crippen molar-refractivity contribution in [2.75, 3.05) is 6.54 Å². The minimum absolute atomic E-state index is 0.0334. The molecule has 0 spiro atoms. The molecule has 1 aliphatic rings. The number of nitrogens with one attached hydrogen (secondary N) is 1. The number of hydrogen-bond acceptors (Lipinski definition) is 2. The van der Waals surface area contributed by atoms with Crippen molar-refractivity contribution in [3.63, 3.8) is 0 Å². The summed E-state index contributed by atoms with van der Waals surface area (Å²) < 4.78 is 44.7. The maximum absolute atomic E-state index is 15.0. The van der Waals surface area contributed by atoms with E-state index in [-0.39, 0.29) is 23.9 Å². The highest BCUT2D eigenvalue weighted by Crippen LogP contribution is 2.43. The first kappa shape index (κ1) is 19.8. The van der Waals surface area contributed by atoms with Gasteiger partial charge in [-0.25, -0.2) is 13.2 Å². The van der Waals surface area contributed by atoms with Gasteiger partial charge >= 0.3 is 0 Å². The number of nitrogens with zero attached hydrogens (tertiary/aromatic N) is 1. The lowest BCUT2D eigenvalue weighted by molar-refractivity contribution is 0.0643.